The van der Waals surface area contributed by atoms with Crippen LogP contribution in [0.25, 0.3) is 10.8 Å². The minimum absolute atomic E-state index is 0.153. The first-order chi connectivity index (χ1) is 20.5. The van der Waals surface area contributed by atoms with E-state index in [9.17, 15) is 18.4 Å². The van der Waals surface area contributed by atoms with Gasteiger partial charge in [-0.25, -0.2) is 0 Å². The molecule has 10 nitrogen and oxygen atoms in total. The minimum atomic E-state index is -2.58. The first kappa shape index (κ1) is 32.4. The van der Waals surface area contributed by atoms with Gasteiger partial charge in [0.1, 0.15) is 12.4 Å². The number of rotatable bonds is 12. The Morgan fingerprint density at radius 3 is 2.42 bits per heavy atom. The second-order valence-electron chi connectivity index (χ2n) is 11.4. The Hall–Kier alpha value is -3.51. The molecule has 4 rings (SSSR count). The van der Waals surface area contributed by atoms with Gasteiger partial charge in [-0.15, -0.1) is 0 Å². The van der Waals surface area contributed by atoms with Gasteiger partial charge in [-0.1, -0.05) is 52.0 Å². The molecule has 0 aromatic heterocycles. The third-order valence-electron chi connectivity index (χ3n) is 7.37. The van der Waals surface area contributed by atoms with Crippen molar-refractivity contribution in [2.75, 3.05) is 62.7 Å². The second kappa shape index (κ2) is 14.3. The summed E-state index contributed by atoms with van der Waals surface area (Å²) >= 11 is -2.58. The average molecular weight is 611 g/mol. The highest BCUT2D eigenvalue weighted by atomic mass is 32.2. The number of fused-ring (bicyclic) bond motifs is 1. The van der Waals surface area contributed by atoms with Gasteiger partial charge in [0.05, 0.1) is 31.7 Å². The van der Waals surface area contributed by atoms with E-state index in [0.717, 1.165) is 30.6 Å². The quantitative estimate of drug-likeness (QED) is 0.178. The molecule has 3 aromatic carbocycles. The first-order valence-electron chi connectivity index (χ1n) is 14.4. The Kier molecular flexibility index (Phi) is 10.8. The van der Waals surface area contributed by atoms with E-state index < -0.39 is 23.0 Å². The SMILES string of the molecule is CCCN(c1cc(C(C)(C)C)cc(NC(=O)C(=O)c2ccc(OCCN3CCOCC3)c3ccccc23)c1OC)S(=O)[O-]. The molecule has 1 saturated heterocycles. The number of ketones is 1. The van der Waals surface area contributed by atoms with Gasteiger partial charge in [0, 0.05) is 48.4 Å². The zero-order valence-electron chi connectivity index (χ0n) is 25.4. The monoisotopic (exact) mass is 610 g/mol. The van der Waals surface area contributed by atoms with Crippen molar-refractivity contribution >= 4 is 45.1 Å². The number of carbonyl (C=O) groups is 2. The lowest BCUT2D eigenvalue weighted by Crippen LogP contribution is -2.38. The number of Topliss-reactive ketones (excluding diaryl/α,β-unsaturated/α-hetero) is 1. The van der Waals surface area contributed by atoms with E-state index in [1.54, 1.807) is 30.3 Å². The summed E-state index contributed by atoms with van der Waals surface area (Å²) in [6.45, 7) is 12.4. The van der Waals surface area contributed by atoms with Crippen molar-refractivity contribution in [3.05, 3.63) is 59.7 Å². The van der Waals surface area contributed by atoms with Gasteiger partial charge in [0.2, 0.25) is 0 Å². The maximum atomic E-state index is 13.6. The van der Waals surface area contributed by atoms with E-state index in [2.05, 4.69) is 10.2 Å². The normalized spacial score (nSPS) is 14.7. The van der Waals surface area contributed by atoms with Gasteiger partial charge < -0.3 is 24.1 Å². The van der Waals surface area contributed by atoms with Crippen LogP contribution in [-0.2, 0) is 26.2 Å². The molecular formula is C32H40N3O7S-. The number of hydrogen-bond acceptors (Lipinski definition) is 8. The number of carbonyl (C=O) groups excluding carboxylic acids is 2. The van der Waals surface area contributed by atoms with Gasteiger partial charge in [-0.3, -0.25) is 23.0 Å². The molecule has 1 aliphatic rings. The van der Waals surface area contributed by atoms with E-state index >= 15 is 0 Å². The molecule has 1 fully saturated rings. The summed E-state index contributed by atoms with van der Waals surface area (Å²) in [4.78, 5) is 29.3. The maximum absolute atomic E-state index is 13.6. The van der Waals surface area contributed by atoms with E-state index in [0.29, 0.717) is 37.4 Å². The molecule has 1 atom stereocenters. The van der Waals surface area contributed by atoms with Crippen molar-refractivity contribution < 1.29 is 32.6 Å². The van der Waals surface area contributed by atoms with Crippen LogP contribution in [0.15, 0.2) is 48.5 Å². The molecular weight excluding hydrogens is 570 g/mol. The fraction of sp³-hybridized carbons (Fsp3) is 0.438. The van der Waals surface area contributed by atoms with E-state index in [1.807, 2.05) is 45.9 Å². The van der Waals surface area contributed by atoms with Crippen molar-refractivity contribution in [1.29, 1.82) is 0 Å². The summed E-state index contributed by atoms with van der Waals surface area (Å²) < 4.78 is 42.6. The lowest BCUT2D eigenvalue weighted by Gasteiger charge is -2.31. The van der Waals surface area contributed by atoms with Gasteiger partial charge >= 0.3 is 0 Å². The highest BCUT2D eigenvalue weighted by Crippen LogP contribution is 2.41. The molecule has 1 unspecified atom stereocenters. The molecule has 1 amide bonds. The maximum Gasteiger partial charge on any atom is 0.296 e. The summed E-state index contributed by atoms with van der Waals surface area (Å²) in [6, 6.07) is 14.1. The highest BCUT2D eigenvalue weighted by molar-refractivity contribution is 7.80. The number of methoxy groups -OCH3 is 1. The minimum Gasteiger partial charge on any atom is -0.755 e. The molecule has 1 N–H and O–H groups in total. The Morgan fingerprint density at radius 2 is 1.79 bits per heavy atom. The van der Waals surface area contributed by atoms with Crippen molar-refractivity contribution in [3.63, 3.8) is 0 Å². The predicted octanol–water partition coefficient (Wildman–Crippen LogP) is 4.69. The van der Waals surface area contributed by atoms with Crippen LogP contribution in [0.5, 0.6) is 11.5 Å². The Morgan fingerprint density at radius 1 is 1.09 bits per heavy atom. The summed E-state index contributed by atoms with van der Waals surface area (Å²) in [5.74, 6) is -0.822. The fourth-order valence-corrected chi connectivity index (χ4v) is 5.65. The molecule has 0 bridgehead atoms. The van der Waals surface area contributed by atoms with Crippen LogP contribution < -0.4 is 19.1 Å². The van der Waals surface area contributed by atoms with E-state index in [-0.39, 0.29) is 34.6 Å². The van der Waals surface area contributed by atoms with Crippen LogP contribution in [0.3, 0.4) is 0 Å². The number of morpholine rings is 1. The molecule has 43 heavy (non-hydrogen) atoms. The topological polar surface area (TPSA) is 120 Å². The molecule has 232 valence electrons. The molecule has 3 aromatic rings. The smallest absolute Gasteiger partial charge is 0.296 e. The van der Waals surface area contributed by atoms with Crippen LogP contribution in [0.1, 0.15) is 50.0 Å². The Labute approximate surface area is 255 Å². The highest BCUT2D eigenvalue weighted by Gasteiger charge is 2.26. The van der Waals surface area contributed by atoms with Crippen LogP contribution in [0, 0.1) is 0 Å². The van der Waals surface area contributed by atoms with Crippen molar-refractivity contribution in [2.45, 2.75) is 39.5 Å². The van der Waals surface area contributed by atoms with Gasteiger partial charge in [-0.05, 0) is 47.1 Å². The van der Waals surface area contributed by atoms with Crippen molar-refractivity contribution in [1.82, 2.24) is 4.90 Å². The lowest BCUT2D eigenvalue weighted by atomic mass is 9.86. The standard InChI is InChI=1S/C32H41N3O7S/c1-6-13-35(43(38)39)27-21-22(32(2,3)4)20-26(30(27)40-5)33-31(37)29(36)25-11-12-28(24-10-8-7-9-23(24)25)42-19-16-34-14-17-41-18-15-34/h7-12,20-21H,6,13-19H2,1-5H3,(H,33,37)(H,38,39)/p-1. The van der Waals surface area contributed by atoms with Gasteiger partial charge in [0.15, 0.2) is 5.75 Å². The molecule has 1 heterocycles. The van der Waals surface area contributed by atoms with Gasteiger partial charge in [-0.2, -0.15) is 0 Å². The molecule has 0 radical (unpaired) electrons. The summed E-state index contributed by atoms with van der Waals surface area (Å²) in [6.07, 6.45) is 0.567. The lowest BCUT2D eigenvalue weighted by molar-refractivity contribution is -0.112. The van der Waals surface area contributed by atoms with Crippen molar-refractivity contribution in [3.8, 4) is 11.5 Å². The Balaban J connectivity index is 1.63. The average Bonchev–Trinajstić information content (AvgIpc) is 2.99. The molecule has 1 aliphatic heterocycles. The van der Waals surface area contributed by atoms with Gasteiger partial charge in [0.25, 0.3) is 11.7 Å². The van der Waals surface area contributed by atoms with Crippen LogP contribution >= 0.6 is 0 Å². The van der Waals surface area contributed by atoms with E-state index in [1.165, 1.54) is 11.4 Å². The number of nitrogens with zero attached hydrogens (tertiary/aromatic N) is 2. The summed E-state index contributed by atoms with van der Waals surface area (Å²) in [7, 11) is 1.40. The molecule has 0 aliphatic carbocycles. The number of amides is 1. The predicted molar refractivity (Wildman–Crippen MR) is 168 cm³/mol. The van der Waals surface area contributed by atoms with Crippen LogP contribution in [0.2, 0.25) is 0 Å². The third-order valence-corrected chi connectivity index (χ3v) is 8.11. The zero-order valence-corrected chi connectivity index (χ0v) is 26.3. The number of ether oxygens (including phenoxy) is 3. The summed E-state index contributed by atoms with van der Waals surface area (Å²) in [5, 5.41) is 4.03. The van der Waals surface area contributed by atoms with E-state index in [4.69, 9.17) is 14.2 Å². The molecule has 11 heteroatoms. The number of nitrogens with one attached hydrogen (secondary N) is 1. The number of hydrogen-bond donors (Lipinski definition) is 1. The largest absolute Gasteiger partial charge is 0.755 e. The van der Waals surface area contributed by atoms with Crippen LogP contribution in [-0.4, -0.2) is 78.5 Å². The third kappa shape index (κ3) is 7.72. The first-order valence-corrected chi connectivity index (χ1v) is 15.5. The zero-order chi connectivity index (χ0) is 31.1. The second-order valence-corrected chi connectivity index (χ2v) is 12.3. The molecule has 0 saturated carbocycles. The molecule has 0 spiro atoms. The van der Waals surface area contributed by atoms with Crippen LogP contribution in [0.4, 0.5) is 11.4 Å². The number of anilines is 2. The Bertz CT molecular complexity index is 1480. The van der Waals surface area contributed by atoms with Crippen molar-refractivity contribution in [2.24, 2.45) is 0 Å². The summed E-state index contributed by atoms with van der Waals surface area (Å²) in [5.41, 5.74) is 1.11. The fourth-order valence-electron chi connectivity index (χ4n) is 5.02. The number of benzene rings is 3.